The second-order valence-corrected chi connectivity index (χ2v) is 9.13. The fraction of sp³-hybridized carbons (Fsp3) is 0.0303. The third-order valence-electron chi connectivity index (χ3n) is 7.34. The normalized spacial score (nSPS) is 12.3. The first kappa shape index (κ1) is 20.3. The van der Waals surface area contributed by atoms with Crippen LogP contribution in [0.2, 0.25) is 0 Å². The highest BCUT2D eigenvalue weighted by atomic mass is 15.0. The second kappa shape index (κ2) is 7.70. The van der Waals surface area contributed by atoms with Crippen LogP contribution in [0.15, 0.2) is 109 Å². The number of hydrogen-bond donors (Lipinski definition) is 0. The van der Waals surface area contributed by atoms with Crippen molar-refractivity contribution in [3.8, 4) is 22.9 Å². The number of nitrogens with zero attached hydrogens (tertiary/aromatic N) is 3. The van der Waals surface area contributed by atoms with Crippen molar-refractivity contribution in [2.75, 3.05) is 0 Å². The van der Waals surface area contributed by atoms with E-state index in [1.807, 2.05) is 60.7 Å². The highest BCUT2D eigenvalue weighted by Crippen LogP contribution is 2.51. The molecular formula is C33H19N3. The molecule has 0 aliphatic heterocycles. The van der Waals surface area contributed by atoms with Crippen LogP contribution in [0.3, 0.4) is 0 Å². The van der Waals surface area contributed by atoms with Gasteiger partial charge in [-0.15, -0.1) is 0 Å². The minimum Gasteiger partial charge on any atom is -0.310 e. The highest BCUT2D eigenvalue weighted by Gasteiger charge is 2.33. The Hall–Kier alpha value is -5.12. The monoisotopic (exact) mass is 457 g/mol. The fourth-order valence-corrected chi connectivity index (χ4v) is 5.91. The summed E-state index contributed by atoms with van der Waals surface area (Å²) < 4.78 is 2.17. The first-order chi connectivity index (χ1) is 17.8. The smallest absolute Gasteiger partial charge is 0.194 e. The van der Waals surface area contributed by atoms with Crippen LogP contribution in [0.1, 0.15) is 28.2 Å². The summed E-state index contributed by atoms with van der Waals surface area (Å²) in [4.78, 5) is 3.99. The van der Waals surface area contributed by atoms with Crippen LogP contribution < -0.4 is 0 Å². The van der Waals surface area contributed by atoms with Crippen molar-refractivity contribution >= 4 is 27.5 Å². The lowest BCUT2D eigenvalue weighted by atomic mass is 9.85. The molecule has 0 atom stereocenters. The summed E-state index contributed by atoms with van der Waals surface area (Å²) in [7, 11) is 0. The molecule has 0 radical (unpaired) electrons. The molecule has 5 aromatic carbocycles. The number of fused-ring (bicyclic) bond motifs is 6. The molecule has 0 unspecified atom stereocenters. The van der Waals surface area contributed by atoms with Crippen LogP contribution in [-0.2, 0) is 0 Å². The van der Waals surface area contributed by atoms with Crippen molar-refractivity contribution in [2.24, 2.45) is 0 Å². The lowest BCUT2D eigenvalue weighted by molar-refractivity contribution is 1.01. The van der Waals surface area contributed by atoms with Crippen LogP contribution in [0, 0.1) is 17.9 Å². The van der Waals surface area contributed by atoms with Gasteiger partial charge in [-0.25, -0.2) is 4.85 Å². The molecular weight excluding hydrogens is 438 g/mol. The Morgan fingerprint density at radius 1 is 0.694 bits per heavy atom. The molecule has 3 heteroatoms. The Kier molecular flexibility index (Phi) is 4.34. The molecule has 0 saturated carbocycles. The topological polar surface area (TPSA) is 33.1 Å². The van der Waals surface area contributed by atoms with Crippen molar-refractivity contribution < 1.29 is 0 Å². The summed E-state index contributed by atoms with van der Waals surface area (Å²) in [6, 6.07) is 39.6. The molecule has 6 aromatic rings. The van der Waals surface area contributed by atoms with E-state index >= 15 is 0 Å². The standard InChI is InChI=1S/C33H19N3/c1-35-29-19-22(36-30-16-8-6-12-25(30)26-13-7-9-17-31(26)36)18-21(20-34)32(29)33-27-14-4-2-10-23(27)24-11-3-5-15-28(24)33/h2-19,33H. The van der Waals surface area contributed by atoms with E-state index in [2.05, 4.69) is 64.0 Å². The van der Waals surface area contributed by atoms with E-state index in [4.69, 9.17) is 6.57 Å². The van der Waals surface area contributed by atoms with Crippen molar-refractivity contribution in [1.29, 1.82) is 5.26 Å². The molecule has 1 heterocycles. The Morgan fingerprint density at radius 2 is 1.22 bits per heavy atom. The SMILES string of the molecule is [C-]#[N+]c1cc(-n2c3ccccc3c3ccccc32)cc(C#N)c1C1c2ccccc2-c2ccccc21. The number of aromatic nitrogens is 1. The molecule has 0 spiro atoms. The van der Waals surface area contributed by atoms with Crippen molar-refractivity contribution in [3.63, 3.8) is 0 Å². The van der Waals surface area contributed by atoms with Gasteiger partial charge in [-0.05, 0) is 52.1 Å². The molecule has 3 nitrogen and oxygen atoms in total. The van der Waals surface area contributed by atoms with Gasteiger partial charge in [-0.1, -0.05) is 84.9 Å². The van der Waals surface area contributed by atoms with E-state index in [0.29, 0.717) is 11.3 Å². The van der Waals surface area contributed by atoms with Gasteiger partial charge in [-0.2, -0.15) is 5.26 Å². The van der Waals surface area contributed by atoms with E-state index in [-0.39, 0.29) is 5.92 Å². The molecule has 7 rings (SSSR count). The third kappa shape index (κ3) is 2.72. The maximum absolute atomic E-state index is 10.4. The predicted octanol–water partition coefficient (Wildman–Crippen LogP) is 8.37. The van der Waals surface area contributed by atoms with Gasteiger partial charge in [0.1, 0.15) is 0 Å². The van der Waals surface area contributed by atoms with E-state index < -0.39 is 0 Å². The highest BCUT2D eigenvalue weighted by molar-refractivity contribution is 6.09. The quantitative estimate of drug-likeness (QED) is 0.240. The zero-order valence-corrected chi connectivity index (χ0v) is 19.3. The van der Waals surface area contributed by atoms with Gasteiger partial charge in [0.05, 0.1) is 23.7 Å². The van der Waals surface area contributed by atoms with E-state index in [9.17, 15) is 5.26 Å². The lowest BCUT2D eigenvalue weighted by Crippen LogP contribution is -2.04. The lowest BCUT2D eigenvalue weighted by Gasteiger charge is -2.19. The largest absolute Gasteiger partial charge is 0.310 e. The summed E-state index contributed by atoms with van der Waals surface area (Å²) >= 11 is 0. The van der Waals surface area contributed by atoms with E-state index in [1.165, 1.54) is 11.1 Å². The average Bonchev–Trinajstić information content (AvgIpc) is 3.45. The van der Waals surface area contributed by atoms with Gasteiger partial charge >= 0.3 is 0 Å². The zero-order chi connectivity index (χ0) is 24.2. The summed E-state index contributed by atoms with van der Waals surface area (Å²) in [5.74, 6) is -0.150. The van der Waals surface area contributed by atoms with Crippen molar-refractivity contribution in [3.05, 3.63) is 143 Å². The average molecular weight is 458 g/mol. The Balaban J connectivity index is 1.54. The summed E-state index contributed by atoms with van der Waals surface area (Å²) in [5, 5.41) is 12.7. The molecule has 0 N–H and O–H groups in total. The van der Waals surface area contributed by atoms with E-state index in [1.54, 1.807) is 0 Å². The number of rotatable bonds is 2. The minimum atomic E-state index is -0.150. The van der Waals surface area contributed by atoms with E-state index in [0.717, 1.165) is 44.2 Å². The second-order valence-electron chi connectivity index (χ2n) is 9.13. The molecule has 1 aliphatic carbocycles. The van der Waals surface area contributed by atoms with Crippen LogP contribution in [0.25, 0.3) is 43.5 Å². The molecule has 1 aromatic heterocycles. The Labute approximate surface area is 208 Å². The molecule has 166 valence electrons. The first-order valence-corrected chi connectivity index (χ1v) is 11.9. The molecule has 0 amide bonds. The Morgan fingerprint density at radius 3 is 1.78 bits per heavy atom. The van der Waals surface area contributed by atoms with Gasteiger partial charge in [0.2, 0.25) is 0 Å². The van der Waals surface area contributed by atoms with Gasteiger partial charge in [0.15, 0.2) is 5.69 Å². The van der Waals surface area contributed by atoms with Gasteiger partial charge in [-0.3, -0.25) is 0 Å². The van der Waals surface area contributed by atoms with Crippen LogP contribution in [0.4, 0.5) is 5.69 Å². The number of benzene rings is 5. The van der Waals surface area contributed by atoms with Crippen LogP contribution in [-0.4, -0.2) is 4.57 Å². The summed E-state index contributed by atoms with van der Waals surface area (Å²) in [5.41, 5.74) is 9.42. The van der Waals surface area contributed by atoms with Crippen molar-refractivity contribution in [1.82, 2.24) is 4.57 Å². The van der Waals surface area contributed by atoms with Crippen molar-refractivity contribution in [2.45, 2.75) is 5.92 Å². The molecule has 0 bridgehead atoms. The van der Waals surface area contributed by atoms with Crippen LogP contribution >= 0.6 is 0 Å². The maximum Gasteiger partial charge on any atom is 0.194 e. The number of para-hydroxylation sites is 2. The van der Waals surface area contributed by atoms with Gasteiger partial charge in [0.25, 0.3) is 0 Å². The number of hydrogen-bond acceptors (Lipinski definition) is 1. The molecule has 1 aliphatic rings. The summed E-state index contributed by atoms with van der Waals surface area (Å²) in [6.07, 6.45) is 0. The minimum absolute atomic E-state index is 0.150. The maximum atomic E-state index is 10.4. The Bertz CT molecular complexity index is 1790. The number of nitriles is 1. The molecule has 0 fully saturated rings. The summed E-state index contributed by atoms with van der Waals surface area (Å²) in [6.45, 7) is 8.14. The molecule has 0 saturated heterocycles. The third-order valence-corrected chi connectivity index (χ3v) is 7.34. The van der Waals surface area contributed by atoms with Gasteiger partial charge in [0, 0.05) is 27.9 Å². The fourth-order valence-electron chi connectivity index (χ4n) is 5.91. The van der Waals surface area contributed by atoms with Gasteiger partial charge < -0.3 is 4.57 Å². The zero-order valence-electron chi connectivity index (χ0n) is 19.3. The first-order valence-electron chi connectivity index (χ1n) is 11.9. The predicted molar refractivity (Wildman–Crippen MR) is 145 cm³/mol. The molecule has 36 heavy (non-hydrogen) atoms. The van der Waals surface area contributed by atoms with Crippen LogP contribution in [0.5, 0.6) is 0 Å².